The van der Waals surface area contributed by atoms with Crippen molar-refractivity contribution in [2.24, 2.45) is 0 Å². The smallest absolute Gasteiger partial charge is 0.253 e. The van der Waals surface area contributed by atoms with E-state index in [9.17, 15) is 4.79 Å². The van der Waals surface area contributed by atoms with Gasteiger partial charge in [-0.05, 0) is 30.7 Å². The van der Waals surface area contributed by atoms with Crippen LogP contribution in [0.4, 0.5) is 5.82 Å². The Morgan fingerprint density at radius 3 is 2.32 bits per heavy atom. The highest BCUT2D eigenvalue weighted by molar-refractivity contribution is 7.18. The van der Waals surface area contributed by atoms with Gasteiger partial charge in [0, 0.05) is 43.0 Å². The lowest BCUT2D eigenvalue weighted by atomic mass is 10.1. The molecule has 0 bridgehead atoms. The summed E-state index contributed by atoms with van der Waals surface area (Å²) in [6, 6.07) is 22.1. The van der Waals surface area contributed by atoms with Gasteiger partial charge in [-0.1, -0.05) is 48.5 Å². The van der Waals surface area contributed by atoms with Crippen molar-refractivity contribution in [1.29, 1.82) is 0 Å². The first-order valence-corrected chi connectivity index (χ1v) is 11.4. The van der Waals surface area contributed by atoms with Crippen LogP contribution in [0.1, 0.15) is 26.6 Å². The molecule has 3 heterocycles. The Morgan fingerprint density at radius 1 is 0.935 bits per heavy atom. The van der Waals surface area contributed by atoms with E-state index >= 15 is 0 Å². The zero-order valence-electron chi connectivity index (χ0n) is 17.5. The summed E-state index contributed by atoms with van der Waals surface area (Å²) in [5.41, 5.74) is 1.96. The van der Waals surface area contributed by atoms with Gasteiger partial charge in [0.05, 0.1) is 5.39 Å². The lowest BCUT2D eigenvalue weighted by Gasteiger charge is -2.35. The summed E-state index contributed by atoms with van der Waals surface area (Å²) in [6.45, 7) is 5.03. The molecule has 0 unspecified atom stereocenters. The Morgan fingerprint density at radius 2 is 1.61 bits per heavy atom. The highest BCUT2D eigenvalue weighted by atomic mass is 32.1. The molecule has 2 aromatic heterocycles. The van der Waals surface area contributed by atoms with Crippen molar-refractivity contribution in [3.05, 3.63) is 88.6 Å². The number of fused-ring (bicyclic) bond motifs is 1. The zero-order chi connectivity index (χ0) is 21.2. The minimum absolute atomic E-state index is 0.101. The fourth-order valence-corrected chi connectivity index (χ4v) is 4.95. The highest BCUT2D eigenvalue weighted by Crippen LogP contribution is 2.31. The van der Waals surface area contributed by atoms with Gasteiger partial charge in [0.25, 0.3) is 5.91 Å². The molecule has 5 nitrogen and oxygen atoms in total. The molecule has 0 spiro atoms. The maximum absolute atomic E-state index is 12.8. The molecular weight excluding hydrogens is 404 g/mol. The molecule has 1 fully saturated rings. The molecule has 0 aliphatic carbocycles. The Kier molecular flexibility index (Phi) is 5.38. The fourth-order valence-electron chi connectivity index (χ4n) is 4.05. The van der Waals surface area contributed by atoms with E-state index in [0.717, 1.165) is 40.5 Å². The first-order valence-electron chi connectivity index (χ1n) is 10.6. The lowest BCUT2D eigenvalue weighted by Crippen LogP contribution is -2.49. The summed E-state index contributed by atoms with van der Waals surface area (Å²) in [5.74, 6) is 1.94. The van der Waals surface area contributed by atoms with Crippen molar-refractivity contribution < 1.29 is 4.79 Å². The van der Waals surface area contributed by atoms with Gasteiger partial charge in [0.1, 0.15) is 16.5 Å². The summed E-state index contributed by atoms with van der Waals surface area (Å²) in [7, 11) is 0. The number of amides is 1. The van der Waals surface area contributed by atoms with Crippen LogP contribution in [0, 0.1) is 6.92 Å². The van der Waals surface area contributed by atoms with E-state index in [4.69, 9.17) is 9.97 Å². The van der Waals surface area contributed by atoms with E-state index in [0.29, 0.717) is 19.5 Å². The third-order valence-corrected chi connectivity index (χ3v) is 6.58. The maximum Gasteiger partial charge on any atom is 0.253 e. The summed E-state index contributed by atoms with van der Waals surface area (Å²) in [6.07, 6.45) is 0.715. The SMILES string of the molecule is Cc1cc2c(N3CCN(C(=O)c4ccccc4)CC3)nc(Cc3ccccc3)nc2s1. The van der Waals surface area contributed by atoms with Crippen molar-refractivity contribution in [3.8, 4) is 0 Å². The number of benzene rings is 2. The molecule has 2 aromatic carbocycles. The van der Waals surface area contributed by atoms with Crippen molar-refractivity contribution in [1.82, 2.24) is 14.9 Å². The van der Waals surface area contributed by atoms with Crippen molar-refractivity contribution in [2.45, 2.75) is 13.3 Å². The predicted octanol–water partition coefficient (Wildman–Crippen LogP) is 4.55. The number of thiophene rings is 1. The molecule has 1 amide bonds. The first kappa shape index (κ1) is 19.7. The van der Waals surface area contributed by atoms with Gasteiger partial charge in [0.15, 0.2) is 0 Å². The second-order valence-electron chi connectivity index (χ2n) is 7.85. The maximum atomic E-state index is 12.8. The molecule has 0 atom stereocenters. The van der Waals surface area contributed by atoms with Crippen LogP contribution in [0.25, 0.3) is 10.2 Å². The molecule has 6 heteroatoms. The van der Waals surface area contributed by atoms with E-state index in [1.807, 2.05) is 53.4 Å². The van der Waals surface area contributed by atoms with Crippen LogP contribution < -0.4 is 4.90 Å². The minimum atomic E-state index is 0.101. The predicted molar refractivity (Wildman–Crippen MR) is 126 cm³/mol. The largest absolute Gasteiger partial charge is 0.352 e. The molecule has 0 N–H and O–H groups in total. The van der Waals surface area contributed by atoms with Crippen LogP contribution in [0.15, 0.2) is 66.7 Å². The molecule has 4 aromatic rings. The molecule has 5 rings (SSSR count). The summed E-state index contributed by atoms with van der Waals surface area (Å²) >= 11 is 1.72. The van der Waals surface area contributed by atoms with Gasteiger partial charge in [0.2, 0.25) is 0 Å². The fraction of sp³-hybridized carbons (Fsp3) is 0.240. The van der Waals surface area contributed by atoms with Crippen LogP contribution in [-0.2, 0) is 6.42 Å². The molecule has 1 aliphatic rings. The van der Waals surface area contributed by atoms with E-state index in [1.165, 1.54) is 10.4 Å². The Hall–Kier alpha value is -3.25. The number of nitrogens with zero attached hydrogens (tertiary/aromatic N) is 4. The van der Waals surface area contributed by atoms with Gasteiger partial charge >= 0.3 is 0 Å². The topological polar surface area (TPSA) is 49.3 Å². The van der Waals surface area contributed by atoms with E-state index in [-0.39, 0.29) is 5.91 Å². The van der Waals surface area contributed by atoms with Crippen LogP contribution >= 0.6 is 11.3 Å². The van der Waals surface area contributed by atoms with Crippen LogP contribution in [0.3, 0.4) is 0 Å². The quantitative estimate of drug-likeness (QED) is 0.478. The Labute approximate surface area is 186 Å². The minimum Gasteiger partial charge on any atom is -0.352 e. The second kappa shape index (κ2) is 8.47. The average molecular weight is 429 g/mol. The van der Waals surface area contributed by atoms with E-state index in [2.05, 4.69) is 30.0 Å². The van der Waals surface area contributed by atoms with E-state index in [1.54, 1.807) is 11.3 Å². The van der Waals surface area contributed by atoms with Gasteiger partial charge in [-0.3, -0.25) is 4.79 Å². The standard InChI is InChI=1S/C25H24N4OS/c1-18-16-21-23(26-22(27-24(21)31-18)17-19-8-4-2-5-9-19)28-12-14-29(15-13-28)25(30)20-10-6-3-7-11-20/h2-11,16H,12-15,17H2,1H3. The van der Waals surface area contributed by atoms with Crippen LogP contribution in [-0.4, -0.2) is 47.0 Å². The van der Waals surface area contributed by atoms with Gasteiger partial charge < -0.3 is 9.80 Å². The lowest BCUT2D eigenvalue weighted by molar-refractivity contribution is 0.0746. The number of piperazine rings is 1. The number of hydrogen-bond donors (Lipinski definition) is 0. The van der Waals surface area contributed by atoms with Crippen LogP contribution in [0.5, 0.6) is 0 Å². The molecular formula is C25H24N4OS. The molecule has 1 saturated heterocycles. The first-order chi connectivity index (χ1) is 15.2. The molecule has 31 heavy (non-hydrogen) atoms. The normalized spacial score (nSPS) is 14.2. The van der Waals surface area contributed by atoms with Gasteiger partial charge in [-0.15, -0.1) is 11.3 Å². The van der Waals surface area contributed by atoms with Gasteiger partial charge in [-0.2, -0.15) is 0 Å². The molecule has 0 radical (unpaired) electrons. The van der Waals surface area contributed by atoms with Crippen molar-refractivity contribution in [3.63, 3.8) is 0 Å². The summed E-state index contributed by atoms with van der Waals surface area (Å²) in [5, 5.41) is 1.11. The molecule has 1 aliphatic heterocycles. The number of carbonyl (C=O) groups excluding carboxylic acids is 1. The highest BCUT2D eigenvalue weighted by Gasteiger charge is 2.25. The average Bonchev–Trinajstić information content (AvgIpc) is 3.19. The monoisotopic (exact) mass is 428 g/mol. The summed E-state index contributed by atoms with van der Waals surface area (Å²) in [4.78, 5) is 29.1. The van der Waals surface area contributed by atoms with Crippen molar-refractivity contribution in [2.75, 3.05) is 31.1 Å². The summed E-state index contributed by atoms with van der Waals surface area (Å²) < 4.78 is 0. The number of anilines is 1. The number of hydrogen-bond acceptors (Lipinski definition) is 5. The van der Waals surface area contributed by atoms with Crippen molar-refractivity contribution >= 4 is 33.3 Å². The van der Waals surface area contributed by atoms with Gasteiger partial charge in [-0.25, -0.2) is 9.97 Å². The zero-order valence-corrected chi connectivity index (χ0v) is 18.3. The third kappa shape index (κ3) is 4.16. The third-order valence-electron chi connectivity index (χ3n) is 5.63. The molecule has 156 valence electrons. The number of rotatable bonds is 4. The van der Waals surface area contributed by atoms with Crippen LogP contribution in [0.2, 0.25) is 0 Å². The Balaban J connectivity index is 1.39. The Bertz CT molecular complexity index is 1200. The number of carbonyl (C=O) groups is 1. The molecule has 0 saturated carbocycles. The number of aryl methyl sites for hydroxylation is 1. The number of aromatic nitrogens is 2. The second-order valence-corrected chi connectivity index (χ2v) is 9.08. The van der Waals surface area contributed by atoms with E-state index < -0.39 is 0 Å².